The summed E-state index contributed by atoms with van der Waals surface area (Å²) in [6.07, 6.45) is 2.52. The predicted molar refractivity (Wildman–Crippen MR) is 79.2 cm³/mol. The van der Waals surface area contributed by atoms with Crippen molar-refractivity contribution in [2.24, 2.45) is 0 Å². The lowest BCUT2D eigenvalue weighted by molar-refractivity contribution is 0.170. The third-order valence-corrected chi connectivity index (χ3v) is 4.33. The Hall–Kier alpha value is -1.10. The molecule has 2 unspecified atom stereocenters. The minimum atomic E-state index is 0.224. The van der Waals surface area contributed by atoms with Crippen LogP contribution in [0.1, 0.15) is 24.3 Å². The molecule has 4 heteroatoms. The third-order valence-electron chi connectivity index (χ3n) is 4.33. The standard InChI is InChI=1S/C16H24N2O2/c19-9-8-18(11-14-4-3-7-17-14)10-13-12-20-16-6-2-1-5-15(13)16/h1-2,5-6,13-14,17,19H,3-4,7-12H2. The maximum atomic E-state index is 9.29. The Morgan fingerprint density at radius 1 is 1.30 bits per heavy atom. The van der Waals surface area contributed by atoms with Crippen molar-refractivity contribution in [1.29, 1.82) is 0 Å². The maximum absolute atomic E-state index is 9.29. The van der Waals surface area contributed by atoms with Gasteiger partial charge in [-0.25, -0.2) is 0 Å². The Morgan fingerprint density at radius 2 is 2.20 bits per heavy atom. The van der Waals surface area contributed by atoms with Crippen LogP contribution in [-0.4, -0.2) is 55.4 Å². The zero-order valence-corrected chi connectivity index (χ0v) is 11.9. The average molecular weight is 276 g/mol. The third kappa shape index (κ3) is 3.14. The number of benzene rings is 1. The highest BCUT2D eigenvalue weighted by Crippen LogP contribution is 2.33. The van der Waals surface area contributed by atoms with Gasteiger partial charge in [0.25, 0.3) is 0 Å². The van der Waals surface area contributed by atoms with E-state index in [2.05, 4.69) is 22.3 Å². The Balaban J connectivity index is 1.61. The van der Waals surface area contributed by atoms with Gasteiger partial charge in [-0.3, -0.25) is 4.90 Å². The molecule has 2 aliphatic heterocycles. The van der Waals surface area contributed by atoms with E-state index in [1.54, 1.807) is 0 Å². The molecule has 0 spiro atoms. The number of fused-ring (bicyclic) bond motifs is 1. The molecule has 1 saturated heterocycles. The van der Waals surface area contributed by atoms with E-state index in [4.69, 9.17) is 4.74 Å². The van der Waals surface area contributed by atoms with Crippen LogP contribution >= 0.6 is 0 Å². The minimum absolute atomic E-state index is 0.224. The second-order valence-electron chi connectivity index (χ2n) is 5.82. The lowest BCUT2D eigenvalue weighted by atomic mass is 10.0. The van der Waals surface area contributed by atoms with Crippen LogP contribution in [0, 0.1) is 0 Å². The normalized spacial score (nSPS) is 24.9. The van der Waals surface area contributed by atoms with E-state index in [9.17, 15) is 5.11 Å². The Morgan fingerprint density at radius 3 is 3.00 bits per heavy atom. The van der Waals surface area contributed by atoms with Crippen LogP contribution in [-0.2, 0) is 0 Å². The summed E-state index contributed by atoms with van der Waals surface area (Å²) in [5, 5.41) is 12.8. The monoisotopic (exact) mass is 276 g/mol. The molecule has 0 aromatic heterocycles. The van der Waals surface area contributed by atoms with Crippen LogP contribution in [0.15, 0.2) is 24.3 Å². The number of rotatable bonds is 6. The molecular formula is C16H24N2O2. The summed E-state index contributed by atoms with van der Waals surface area (Å²) in [7, 11) is 0. The Labute approximate surface area is 120 Å². The summed E-state index contributed by atoms with van der Waals surface area (Å²) in [6.45, 7) is 4.86. The van der Waals surface area contributed by atoms with Gasteiger partial charge in [0.15, 0.2) is 0 Å². The number of aliphatic hydroxyl groups is 1. The maximum Gasteiger partial charge on any atom is 0.122 e. The van der Waals surface area contributed by atoms with Crippen LogP contribution < -0.4 is 10.1 Å². The molecule has 1 aromatic rings. The van der Waals surface area contributed by atoms with E-state index < -0.39 is 0 Å². The molecule has 0 aliphatic carbocycles. The Bertz CT molecular complexity index is 432. The van der Waals surface area contributed by atoms with E-state index in [0.29, 0.717) is 12.0 Å². The first-order valence-electron chi connectivity index (χ1n) is 7.65. The molecule has 0 amide bonds. The van der Waals surface area contributed by atoms with Gasteiger partial charge in [0, 0.05) is 37.2 Å². The molecule has 2 N–H and O–H groups in total. The van der Waals surface area contributed by atoms with E-state index in [1.165, 1.54) is 18.4 Å². The predicted octanol–water partition coefficient (Wildman–Crippen LogP) is 1.21. The summed E-state index contributed by atoms with van der Waals surface area (Å²) in [4.78, 5) is 2.37. The number of ether oxygens (including phenoxy) is 1. The highest BCUT2D eigenvalue weighted by molar-refractivity contribution is 5.39. The van der Waals surface area contributed by atoms with E-state index in [0.717, 1.165) is 38.5 Å². The quantitative estimate of drug-likeness (QED) is 0.820. The summed E-state index contributed by atoms with van der Waals surface area (Å²) in [5.74, 6) is 1.46. The van der Waals surface area contributed by atoms with Crippen LogP contribution in [0.5, 0.6) is 5.75 Å². The molecule has 1 aromatic carbocycles. The largest absolute Gasteiger partial charge is 0.493 e. The molecular weight excluding hydrogens is 252 g/mol. The second-order valence-corrected chi connectivity index (χ2v) is 5.82. The number of nitrogens with one attached hydrogen (secondary N) is 1. The number of nitrogens with zero attached hydrogens (tertiary/aromatic N) is 1. The van der Waals surface area contributed by atoms with Gasteiger partial charge in [0.1, 0.15) is 5.75 Å². The van der Waals surface area contributed by atoms with Gasteiger partial charge in [0.05, 0.1) is 13.2 Å². The summed E-state index contributed by atoms with van der Waals surface area (Å²) in [5.41, 5.74) is 1.31. The van der Waals surface area contributed by atoms with Crippen molar-refractivity contribution in [2.75, 3.05) is 39.4 Å². The van der Waals surface area contributed by atoms with Gasteiger partial charge in [-0.15, -0.1) is 0 Å². The average Bonchev–Trinajstić information content (AvgIpc) is 3.10. The highest BCUT2D eigenvalue weighted by Gasteiger charge is 2.27. The highest BCUT2D eigenvalue weighted by atomic mass is 16.5. The number of hydrogen-bond acceptors (Lipinski definition) is 4. The van der Waals surface area contributed by atoms with E-state index >= 15 is 0 Å². The number of para-hydroxylation sites is 1. The molecule has 3 rings (SSSR count). The molecule has 110 valence electrons. The lowest BCUT2D eigenvalue weighted by Crippen LogP contribution is -2.41. The second kappa shape index (κ2) is 6.57. The van der Waals surface area contributed by atoms with Crippen molar-refractivity contribution in [3.05, 3.63) is 29.8 Å². The summed E-state index contributed by atoms with van der Waals surface area (Å²) in [6, 6.07) is 8.89. The summed E-state index contributed by atoms with van der Waals surface area (Å²) < 4.78 is 5.76. The smallest absolute Gasteiger partial charge is 0.122 e. The van der Waals surface area contributed by atoms with Gasteiger partial charge in [-0.1, -0.05) is 18.2 Å². The lowest BCUT2D eigenvalue weighted by Gasteiger charge is -2.27. The molecule has 0 saturated carbocycles. The molecule has 2 atom stereocenters. The van der Waals surface area contributed by atoms with Crippen molar-refractivity contribution in [2.45, 2.75) is 24.8 Å². The fraction of sp³-hybridized carbons (Fsp3) is 0.625. The van der Waals surface area contributed by atoms with Gasteiger partial charge in [0.2, 0.25) is 0 Å². The topological polar surface area (TPSA) is 44.7 Å². The molecule has 2 aliphatic rings. The van der Waals surface area contributed by atoms with Gasteiger partial charge in [-0.2, -0.15) is 0 Å². The first-order valence-corrected chi connectivity index (χ1v) is 7.65. The van der Waals surface area contributed by atoms with Crippen LogP contribution in [0.25, 0.3) is 0 Å². The molecule has 2 heterocycles. The molecule has 0 bridgehead atoms. The zero-order chi connectivity index (χ0) is 13.8. The molecule has 20 heavy (non-hydrogen) atoms. The SMILES string of the molecule is OCCN(CC1CCCN1)CC1COc2ccccc21. The van der Waals surface area contributed by atoms with Crippen LogP contribution in [0.4, 0.5) is 0 Å². The zero-order valence-electron chi connectivity index (χ0n) is 11.9. The van der Waals surface area contributed by atoms with Gasteiger partial charge in [-0.05, 0) is 25.5 Å². The fourth-order valence-electron chi connectivity index (χ4n) is 3.31. The van der Waals surface area contributed by atoms with E-state index in [1.807, 2.05) is 12.1 Å². The van der Waals surface area contributed by atoms with Crippen LogP contribution in [0.3, 0.4) is 0 Å². The number of aliphatic hydroxyl groups excluding tert-OH is 1. The number of hydrogen-bond donors (Lipinski definition) is 2. The first-order chi connectivity index (χ1) is 9.86. The van der Waals surface area contributed by atoms with Crippen molar-refractivity contribution in [3.8, 4) is 5.75 Å². The summed E-state index contributed by atoms with van der Waals surface area (Å²) >= 11 is 0. The molecule has 4 nitrogen and oxygen atoms in total. The van der Waals surface area contributed by atoms with Crippen LogP contribution in [0.2, 0.25) is 0 Å². The van der Waals surface area contributed by atoms with E-state index in [-0.39, 0.29) is 6.61 Å². The van der Waals surface area contributed by atoms with Crippen molar-refractivity contribution >= 4 is 0 Å². The first kappa shape index (κ1) is 13.9. The Kier molecular flexibility index (Phi) is 4.55. The van der Waals surface area contributed by atoms with Gasteiger partial charge >= 0.3 is 0 Å². The van der Waals surface area contributed by atoms with Crippen molar-refractivity contribution in [1.82, 2.24) is 10.2 Å². The molecule has 1 fully saturated rings. The van der Waals surface area contributed by atoms with Crippen molar-refractivity contribution in [3.63, 3.8) is 0 Å². The van der Waals surface area contributed by atoms with Gasteiger partial charge < -0.3 is 15.2 Å². The molecule has 0 radical (unpaired) electrons. The minimum Gasteiger partial charge on any atom is -0.493 e. The fourth-order valence-corrected chi connectivity index (χ4v) is 3.31. The van der Waals surface area contributed by atoms with Crippen molar-refractivity contribution < 1.29 is 9.84 Å².